The Balaban J connectivity index is 1.80. The molecule has 0 bridgehead atoms. The first-order valence-electron chi connectivity index (χ1n) is 9.03. The summed E-state index contributed by atoms with van der Waals surface area (Å²) >= 11 is 0. The number of anilines is 4. The van der Waals surface area contributed by atoms with Gasteiger partial charge >= 0.3 is 0 Å². The summed E-state index contributed by atoms with van der Waals surface area (Å²) in [7, 11) is -3.21. The zero-order valence-electron chi connectivity index (χ0n) is 16.3. The topological polar surface area (TPSA) is 150 Å². The van der Waals surface area contributed by atoms with Crippen LogP contribution >= 0.6 is 0 Å². The first kappa shape index (κ1) is 20.4. The molecular formula is C20H24N6O2S. The van der Waals surface area contributed by atoms with Gasteiger partial charge in [-0.05, 0) is 41.8 Å². The number of benzene rings is 2. The SMILES string of the molecule is CCc1nc(N)nc(N)c1-c1ccc(NCc2ccc(S(C)(=O)=O)cc2)c(N)c1. The minimum absolute atomic E-state index is 0.149. The van der Waals surface area contributed by atoms with Crippen LogP contribution in [-0.2, 0) is 22.8 Å². The van der Waals surface area contributed by atoms with Gasteiger partial charge in [-0.2, -0.15) is 4.98 Å². The molecule has 152 valence electrons. The Morgan fingerprint density at radius 2 is 1.69 bits per heavy atom. The Bertz CT molecular complexity index is 1140. The van der Waals surface area contributed by atoms with E-state index in [4.69, 9.17) is 17.2 Å². The van der Waals surface area contributed by atoms with Crippen LogP contribution in [-0.4, -0.2) is 24.6 Å². The van der Waals surface area contributed by atoms with Gasteiger partial charge in [0.05, 0.1) is 22.0 Å². The number of hydrogen-bond acceptors (Lipinski definition) is 8. The summed E-state index contributed by atoms with van der Waals surface area (Å²) in [6, 6.07) is 12.3. The summed E-state index contributed by atoms with van der Waals surface area (Å²) in [5.74, 6) is 0.469. The third-order valence-electron chi connectivity index (χ3n) is 4.54. The van der Waals surface area contributed by atoms with Gasteiger partial charge in [0.25, 0.3) is 0 Å². The molecular weight excluding hydrogens is 388 g/mol. The van der Waals surface area contributed by atoms with Gasteiger partial charge in [0.1, 0.15) is 5.82 Å². The van der Waals surface area contributed by atoms with Crippen molar-refractivity contribution >= 4 is 33.0 Å². The first-order chi connectivity index (χ1) is 13.7. The molecule has 0 aliphatic heterocycles. The number of nitrogens with one attached hydrogen (secondary N) is 1. The van der Waals surface area contributed by atoms with Crippen LogP contribution in [0.4, 0.5) is 23.1 Å². The van der Waals surface area contributed by atoms with Crippen molar-refractivity contribution in [1.82, 2.24) is 9.97 Å². The number of nitrogen functional groups attached to an aromatic ring is 3. The van der Waals surface area contributed by atoms with E-state index < -0.39 is 9.84 Å². The van der Waals surface area contributed by atoms with Gasteiger partial charge in [-0.3, -0.25) is 0 Å². The molecule has 0 radical (unpaired) electrons. The molecule has 0 spiro atoms. The summed E-state index contributed by atoms with van der Waals surface area (Å²) < 4.78 is 23.1. The van der Waals surface area contributed by atoms with Crippen molar-refractivity contribution in [2.75, 3.05) is 28.8 Å². The Morgan fingerprint density at radius 3 is 2.28 bits per heavy atom. The fourth-order valence-corrected chi connectivity index (χ4v) is 3.68. The lowest BCUT2D eigenvalue weighted by atomic mass is 10.0. The van der Waals surface area contributed by atoms with Crippen molar-refractivity contribution < 1.29 is 8.42 Å². The molecule has 8 nitrogen and oxygen atoms in total. The normalized spacial score (nSPS) is 11.4. The molecule has 0 aliphatic carbocycles. The van der Waals surface area contributed by atoms with Crippen LogP contribution in [0.5, 0.6) is 0 Å². The maximum absolute atomic E-state index is 11.5. The van der Waals surface area contributed by atoms with Crippen LogP contribution in [0.15, 0.2) is 47.4 Å². The summed E-state index contributed by atoms with van der Waals surface area (Å²) in [6.07, 6.45) is 1.85. The summed E-state index contributed by atoms with van der Waals surface area (Å²) in [6.45, 7) is 2.47. The summed E-state index contributed by atoms with van der Waals surface area (Å²) in [5, 5.41) is 3.26. The van der Waals surface area contributed by atoms with Gasteiger partial charge < -0.3 is 22.5 Å². The van der Waals surface area contributed by atoms with Crippen LogP contribution in [0.3, 0.4) is 0 Å². The van der Waals surface area contributed by atoms with Gasteiger partial charge in [-0.15, -0.1) is 0 Å². The third-order valence-corrected chi connectivity index (χ3v) is 5.67. The Hall–Kier alpha value is -3.33. The van der Waals surface area contributed by atoms with E-state index in [1.807, 2.05) is 25.1 Å². The summed E-state index contributed by atoms with van der Waals surface area (Å²) in [4.78, 5) is 8.62. The highest BCUT2D eigenvalue weighted by atomic mass is 32.2. The predicted molar refractivity (Wildman–Crippen MR) is 117 cm³/mol. The van der Waals surface area contributed by atoms with Crippen molar-refractivity contribution in [3.05, 3.63) is 53.7 Å². The predicted octanol–water partition coefficient (Wildman–Crippen LogP) is 2.47. The number of sulfone groups is 1. The van der Waals surface area contributed by atoms with Crippen LogP contribution in [0, 0.1) is 0 Å². The number of aromatic nitrogens is 2. The van der Waals surface area contributed by atoms with Gasteiger partial charge in [0, 0.05) is 18.4 Å². The second-order valence-electron chi connectivity index (χ2n) is 6.71. The molecule has 0 atom stereocenters. The van der Waals surface area contributed by atoms with E-state index in [-0.39, 0.29) is 5.95 Å². The molecule has 0 aliphatic rings. The zero-order chi connectivity index (χ0) is 21.2. The molecule has 3 aromatic rings. The van der Waals surface area contributed by atoms with Crippen molar-refractivity contribution in [1.29, 1.82) is 0 Å². The molecule has 9 heteroatoms. The van der Waals surface area contributed by atoms with Gasteiger partial charge in [0.2, 0.25) is 5.95 Å². The van der Waals surface area contributed by atoms with E-state index >= 15 is 0 Å². The van der Waals surface area contributed by atoms with Crippen LogP contribution in [0.1, 0.15) is 18.2 Å². The zero-order valence-corrected chi connectivity index (χ0v) is 17.1. The van der Waals surface area contributed by atoms with Gasteiger partial charge in [-0.1, -0.05) is 25.1 Å². The number of aryl methyl sites for hydroxylation is 1. The van der Waals surface area contributed by atoms with Gasteiger partial charge in [0.15, 0.2) is 9.84 Å². The maximum atomic E-state index is 11.5. The maximum Gasteiger partial charge on any atom is 0.222 e. The number of rotatable bonds is 6. The Morgan fingerprint density at radius 1 is 1.00 bits per heavy atom. The fraction of sp³-hybridized carbons (Fsp3) is 0.200. The van der Waals surface area contributed by atoms with Crippen molar-refractivity contribution in [3.8, 4) is 11.1 Å². The highest BCUT2D eigenvalue weighted by Gasteiger charge is 2.14. The molecule has 7 N–H and O–H groups in total. The highest BCUT2D eigenvalue weighted by molar-refractivity contribution is 7.90. The molecule has 1 aromatic heterocycles. The van der Waals surface area contributed by atoms with E-state index in [1.165, 1.54) is 6.26 Å². The molecule has 0 saturated heterocycles. The standard InChI is InChI=1S/C20H24N6O2S/c1-3-16-18(19(22)26-20(23)25-16)13-6-9-17(15(21)10-13)24-11-12-4-7-14(8-5-12)29(2,27)28/h4-10,24H,3,11,21H2,1-2H3,(H4,22,23,25,26). The molecule has 0 unspecified atom stereocenters. The second-order valence-corrected chi connectivity index (χ2v) is 8.73. The molecule has 3 rings (SSSR count). The lowest BCUT2D eigenvalue weighted by molar-refractivity contribution is 0.602. The first-order valence-corrected chi connectivity index (χ1v) is 10.9. The monoisotopic (exact) mass is 412 g/mol. The Kier molecular flexibility index (Phi) is 5.60. The summed E-state index contributed by atoms with van der Waals surface area (Å²) in [5.41, 5.74) is 22.5. The molecule has 29 heavy (non-hydrogen) atoms. The van der Waals surface area contributed by atoms with Crippen LogP contribution < -0.4 is 22.5 Å². The van der Waals surface area contributed by atoms with E-state index in [1.54, 1.807) is 24.3 Å². The number of nitrogens with two attached hydrogens (primary N) is 3. The highest BCUT2D eigenvalue weighted by Crippen LogP contribution is 2.32. The molecule has 0 saturated carbocycles. The molecule has 0 fully saturated rings. The average molecular weight is 413 g/mol. The van der Waals surface area contributed by atoms with E-state index in [9.17, 15) is 8.42 Å². The lowest BCUT2D eigenvalue weighted by Crippen LogP contribution is -2.07. The van der Waals surface area contributed by atoms with Crippen molar-refractivity contribution in [2.24, 2.45) is 0 Å². The average Bonchev–Trinajstić information content (AvgIpc) is 2.66. The second kappa shape index (κ2) is 7.96. The van der Waals surface area contributed by atoms with E-state index in [0.29, 0.717) is 29.4 Å². The number of nitrogens with zero attached hydrogens (tertiary/aromatic N) is 2. The molecule has 0 amide bonds. The smallest absolute Gasteiger partial charge is 0.222 e. The third kappa shape index (κ3) is 4.57. The van der Waals surface area contributed by atoms with Crippen molar-refractivity contribution in [3.63, 3.8) is 0 Å². The van der Waals surface area contributed by atoms with Crippen LogP contribution in [0.25, 0.3) is 11.1 Å². The minimum atomic E-state index is -3.21. The Labute approximate surface area is 170 Å². The van der Waals surface area contributed by atoms with E-state index in [2.05, 4.69) is 15.3 Å². The molecule has 2 aromatic carbocycles. The number of hydrogen-bond donors (Lipinski definition) is 4. The minimum Gasteiger partial charge on any atom is -0.397 e. The van der Waals surface area contributed by atoms with Gasteiger partial charge in [-0.25, -0.2) is 13.4 Å². The quantitative estimate of drug-likeness (QED) is 0.451. The largest absolute Gasteiger partial charge is 0.397 e. The van der Waals surface area contributed by atoms with Crippen molar-refractivity contribution in [2.45, 2.75) is 24.8 Å². The van der Waals surface area contributed by atoms with Crippen LogP contribution in [0.2, 0.25) is 0 Å². The fourth-order valence-electron chi connectivity index (χ4n) is 3.05. The lowest BCUT2D eigenvalue weighted by Gasteiger charge is -2.14. The van der Waals surface area contributed by atoms with E-state index in [0.717, 1.165) is 28.1 Å². The molecule has 1 heterocycles.